The molecule has 0 aliphatic heterocycles. The van der Waals surface area contributed by atoms with E-state index in [4.69, 9.17) is 18.0 Å². The highest BCUT2D eigenvalue weighted by Gasteiger charge is 2.01. The molecule has 16 heavy (non-hydrogen) atoms. The molecular formula is C11H14N4S. The third-order valence-electron chi connectivity index (χ3n) is 2.49. The van der Waals surface area contributed by atoms with Crippen molar-refractivity contribution in [2.24, 2.45) is 0 Å². The van der Waals surface area contributed by atoms with Crippen LogP contribution < -0.4 is 5.73 Å². The molecule has 0 unspecified atom stereocenters. The van der Waals surface area contributed by atoms with Crippen molar-refractivity contribution < 1.29 is 0 Å². The first-order valence-corrected chi connectivity index (χ1v) is 5.54. The van der Waals surface area contributed by atoms with Crippen LogP contribution in [-0.2, 0) is 13.0 Å². The zero-order valence-corrected chi connectivity index (χ0v) is 9.92. The van der Waals surface area contributed by atoms with Gasteiger partial charge in [0.05, 0.1) is 0 Å². The lowest BCUT2D eigenvalue weighted by Gasteiger charge is -2.04. The highest BCUT2D eigenvalue weighted by atomic mass is 32.1. The molecule has 0 aliphatic carbocycles. The number of nitrogens with two attached hydrogens (primary N) is 1. The first-order valence-electron chi connectivity index (χ1n) is 5.13. The van der Waals surface area contributed by atoms with Gasteiger partial charge < -0.3 is 5.73 Å². The number of aryl methyl sites for hydroxylation is 2. The third-order valence-corrected chi connectivity index (χ3v) is 2.81. The highest BCUT2D eigenvalue weighted by Crippen LogP contribution is 2.07. The molecule has 3 N–H and O–H groups in total. The van der Waals surface area contributed by atoms with Gasteiger partial charge in [-0.05, 0) is 31.1 Å². The number of hydrogen-bond donors (Lipinski definition) is 2. The van der Waals surface area contributed by atoms with Crippen molar-refractivity contribution in [2.45, 2.75) is 19.9 Å². The molecule has 0 atom stereocenters. The monoisotopic (exact) mass is 234 g/mol. The van der Waals surface area contributed by atoms with Crippen molar-refractivity contribution in [1.29, 1.82) is 0 Å². The van der Waals surface area contributed by atoms with Gasteiger partial charge in [0.1, 0.15) is 0 Å². The first kappa shape index (κ1) is 10.9. The van der Waals surface area contributed by atoms with Crippen LogP contribution in [0.15, 0.2) is 24.3 Å². The Bertz CT molecular complexity index is 541. The Morgan fingerprint density at radius 2 is 2.31 bits per heavy atom. The molecule has 1 heterocycles. The van der Waals surface area contributed by atoms with E-state index in [0.29, 0.717) is 10.7 Å². The zero-order valence-electron chi connectivity index (χ0n) is 9.10. The lowest BCUT2D eigenvalue weighted by Crippen LogP contribution is -2.05. The minimum atomic E-state index is 0.442. The Morgan fingerprint density at radius 3 is 2.94 bits per heavy atom. The van der Waals surface area contributed by atoms with Crippen molar-refractivity contribution >= 4 is 18.2 Å². The van der Waals surface area contributed by atoms with Gasteiger partial charge in [0, 0.05) is 6.54 Å². The van der Waals surface area contributed by atoms with E-state index in [1.807, 2.05) is 0 Å². The molecule has 0 spiro atoms. The van der Waals surface area contributed by atoms with E-state index < -0.39 is 0 Å². The number of aromatic nitrogens is 3. The molecule has 2 aromatic rings. The summed E-state index contributed by atoms with van der Waals surface area (Å²) in [7, 11) is 0. The lowest BCUT2D eigenvalue weighted by molar-refractivity contribution is 0.694. The second-order valence-electron chi connectivity index (χ2n) is 3.78. The van der Waals surface area contributed by atoms with E-state index in [2.05, 4.69) is 41.4 Å². The summed E-state index contributed by atoms with van der Waals surface area (Å²) < 4.78 is 2.38. The van der Waals surface area contributed by atoms with E-state index in [1.54, 1.807) is 4.57 Å². The highest BCUT2D eigenvalue weighted by molar-refractivity contribution is 7.71. The average Bonchev–Trinajstić information content (AvgIpc) is 2.56. The fraction of sp³-hybridized carbons (Fsp3) is 0.273. The Morgan fingerprint density at radius 1 is 1.50 bits per heavy atom. The topological polar surface area (TPSA) is 59.6 Å². The Labute approximate surface area is 99.1 Å². The SMILES string of the molecule is Cc1cccc(CCn2c(N)n[nH]c2=S)c1. The van der Waals surface area contributed by atoms with Crippen LogP contribution >= 0.6 is 12.2 Å². The van der Waals surface area contributed by atoms with Crippen LogP contribution in [0.2, 0.25) is 0 Å². The van der Waals surface area contributed by atoms with Crippen molar-refractivity contribution in [3.8, 4) is 0 Å². The molecule has 0 bridgehead atoms. The van der Waals surface area contributed by atoms with Gasteiger partial charge >= 0.3 is 0 Å². The fourth-order valence-electron chi connectivity index (χ4n) is 1.65. The van der Waals surface area contributed by atoms with E-state index >= 15 is 0 Å². The second kappa shape index (κ2) is 4.49. The van der Waals surface area contributed by atoms with Crippen molar-refractivity contribution in [2.75, 3.05) is 5.73 Å². The van der Waals surface area contributed by atoms with Gasteiger partial charge in [-0.2, -0.15) is 0 Å². The molecule has 4 nitrogen and oxygen atoms in total. The van der Waals surface area contributed by atoms with E-state index in [1.165, 1.54) is 11.1 Å². The summed E-state index contributed by atoms with van der Waals surface area (Å²) in [5, 5.41) is 6.54. The second-order valence-corrected chi connectivity index (χ2v) is 4.16. The molecular weight excluding hydrogens is 220 g/mol. The molecule has 5 heteroatoms. The van der Waals surface area contributed by atoms with Crippen LogP contribution in [0.3, 0.4) is 0 Å². The minimum absolute atomic E-state index is 0.442. The van der Waals surface area contributed by atoms with Crippen molar-refractivity contribution in [3.63, 3.8) is 0 Å². The first-order chi connectivity index (χ1) is 7.66. The molecule has 2 rings (SSSR count). The number of anilines is 1. The van der Waals surface area contributed by atoms with Crippen LogP contribution in [0.25, 0.3) is 0 Å². The van der Waals surface area contributed by atoms with Crippen LogP contribution in [0.5, 0.6) is 0 Å². The number of nitrogen functional groups attached to an aromatic ring is 1. The van der Waals surface area contributed by atoms with Crippen LogP contribution in [-0.4, -0.2) is 14.8 Å². The Kier molecular flexibility index (Phi) is 3.05. The molecule has 0 aliphatic rings. The van der Waals surface area contributed by atoms with Gasteiger partial charge in [-0.15, -0.1) is 5.10 Å². The van der Waals surface area contributed by atoms with E-state index in [9.17, 15) is 0 Å². The van der Waals surface area contributed by atoms with Gasteiger partial charge in [-0.1, -0.05) is 29.8 Å². The summed E-state index contributed by atoms with van der Waals surface area (Å²) in [6.45, 7) is 2.84. The normalized spacial score (nSPS) is 10.6. The standard InChI is InChI=1S/C11H14N4S/c1-8-3-2-4-9(7-8)5-6-15-10(12)13-14-11(15)16/h2-4,7H,5-6H2,1H3,(H2,12,13)(H,14,16). The Balaban J connectivity index is 2.11. The van der Waals surface area contributed by atoms with Crippen LogP contribution in [0, 0.1) is 11.7 Å². The summed E-state index contributed by atoms with van der Waals surface area (Å²) in [5.74, 6) is 0.442. The van der Waals surface area contributed by atoms with Gasteiger partial charge in [0.15, 0.2) is 4.77 Å². The predicted molar refractivity (Wildman–Crippen MR) is 66.7 cm³/mol. The van der Waals surface area contributed by atoms with E-state index in [0.717, 1.165) is 13.0 Å². The fourth-order valence-corrected chi connectivity index (χ4v) is 1.88. The summed E-state index contributed by atoms with van der Waals surface area (Å²) in [6, 6.07) is 8.41. The van der Waals surface area contributed by atoms with Crippen LogP contribution in [0.4, 0.5) is 5.95 Å². The van der Waals surface area contributed by atoms with Gasteiger partial charge in [0.25, 0.3) is 0 Å². The molecule has 1 aromatic carbocycles. The maximum Gasteiger partial charge on any atom is 0.220 e. The smallest absolute Gasteiger partial charge is 0.220 e. The number of hydrogen-bond acceptors (Lipinski definition) is 3. The molecule has 1 aromatic heterocycles. The van der Waals surface area contributed by atoms with Crippen molar-refractivity contribution in [3.05, 3.63) is 40.2 Å². The molecule has 0 fully saturated rings. The average molecular weight is 234 g/mol. The molecule has 0 saturated carbocycles. The number of rotatable bonds is 3. The predicted octanol–water partition coefficient (Wildman–Crippen LogP) is 2.07. The van der Waals surface area contributed by atoms with Gasteiger partial charge in [-0.3, -0.25) is 4.57 Å². The minimum Gasteiger partial charge on any atom is -0.368 e. The molecule has 0 amide bonds. The maximum atomic E-state index is 5.69. The third kappa shape index (κ3) is 2.30. The molecule has 0 saturated heterocycles. The number of benzene rings is 1. The number of H-pyrrole nitrogens is 1. The van der Waals surface area contributed by atoms with Gasteiger partial charge in [0.2, 0.25) is 5.95 Å². The zero-order chi connectivity index (χ0) is 11.5. The Hall–Kier alpha value is -1.62. The number of aromatic amines is 1. The quantitative estimate of drug-likeness (QED) is 0.799. The summed E-state index contributed by atoms with van der Waals surface area (Å²) in [6.07, 6.45) is 0.902. The summed E-state index contributed by atoms with van der Waals surface area (Å²) >= 11 is 5.08. The maximum absolute atomic E-state index is 5.69. The summed E-state index contributed by atoms with van der Waals surface area (Å²) in [5.41, 5.74) is 8.23. The molecule has 84 valence electrons. The number of nitrogens with zero attached hydrogens (tertiary/aromatic N) is 2. The lowest BCUT2D eigenvalue weighted by atomic mass is 10.1. The van der Waals surface area contributed by atoms with Crippen molar-refractivity contribution in [1.82, 2.24) is 14.8 Å². The number of nitrogens with one attached hydrogen (secondary N) is 1. The molecule has 0 radical (unpaired) electrons. The van der Waals surface area contributed by atoms with Crippen LogP contribution in [0.1, 0.15) is 11.1 Å². The van der Waals surface area contributed by atoms with E-state index in [-0.39, 0.29) is 0 Å². The summed E-state index contributed by atoms with van der Waals surface area (Å²) in [4.78, 5) is 0. The van der Waals surface area contributed by atoms with Gasteiger partial charge in [-0.25, -0.2) is 5.10 Å². The largest absolute Gasteiger partial charge is 0.368 e.